The number of nitrogens with one attached hydrogen (secondary N) is 1. The summed E-state index contributed by atoms with van der Waals surface area (Å²) in [4.78, 5) is 16.4. The monoisotopic (exact) mass is 474 g/mol. The summed E-state index contributed by atoms with van der Waals surface area (Å²) in [7, 11) is -4.93. The van der Waals surface area contributed by atoms with Crippen LogP contribution >= 0.6 is 0 Å². The van der Waals surface area contributed by atoms with Crippen molar-refractivity contribution < 1.29 is 35.5 Å². The van der Waals surface area contributed by atoms with E-state index in [0.29, 0.717) is 4.68 Å². The number of hydrogen-bond donors (Lipinski definition) is 1. The van der Waals surface area contributed by atoms with Crippen molar-refractivity contribution >= 4 is 27.1 Å². The zero-order chi connectivity index (χ0) is 23.9. The molecule has 0 fully saturated rings. The molecule has 0 unspecified atom stereocenters. The topological polar surface area (TPSA) is 103 Å². The Kier molecular flexibility index (Phi) is 6.00. The molecule has 172 valence electrons. The molecule has 3 aromatic rings. The van der Waals surface area contributed by atoms with E-state index in [1.165, 1.54) is 18.3 Å². The van der Waals surface area contributed by atoms with Gasteiger partial charge in [0.2, 0.25) is 5.03 Å². The van der Waals surface area contributed by atoms with E-state index in [9.17, 15) is 30.8 Å². The predicted molar refractivity (Wildman–Crippen MR) is 105 cm³/mol. The Labute approximate surface area is 180 Å². The fraction of sp³-hybridized carbons (Fsp3) is 0.316. The largest absolute Gasteiger partial charge is 0.442 e. The van der Waals surface area contributed by atoms with Crippen LogP contribution in [0.3, 0.4) is 0 Å². The second-order valence-corrected chi connectivity index (χ2v) is 9.35. The molecule has 0 radical (unpaired) electrons. The maximum absolute atomic E-state index is 13.7. The molecule has 0 saturated heterocycles. The third-order valence-electron chi connectivity index (χ3n) is 4.03. The minimum Gasteiger partial charge on any atom is -0.442 e. The first-order chi connectivity index (χ1) is 14.7. The van der Waals surface area contributed by atoms with E-state index in [-0.39, 0.29) is 11.0 Å². The number of aromatic nitrogens is 3. The Morgan fingerprint density at radius 2 is 1.75 bits per heavy atom. The normalized spacial score (nSPS) is 13.8. The molecule has 0 aliphatic heterocycles. The van der Waals surface area contributed by atoms with Gasteiger partial charge in [0.15, 0.2) is 5.65 Å². The minimum atomic E-state index is -5.05. The highest BCUT2D eigenvalue weighted by Gasteiger charge is 2.44. The van der Waals surface area contributed by atoms with Gasteiger partial charge >= 0.3 is 12.3 Å². The Hall–Kier alpha value is -3.06. The van der Waals surface area contributed by atoms with Crippen LogP contribution in [0.4, 0.5) is 22.4 Å². The van der Waals surface area contributed by atoms with Gasteiger partial charge in [-0.05, 0) is 50.6 Å². The van der Waals surface area contributed by atoms with E-state index >= 15 is 0 Å². The highest BCUT2D eigenvalue weighted by Crippen LogP contribution is 2.34. The molecule has 3 rings (SSSR count). The fourth-order valence-electron chi connectivity index (χ4n) is 2.75. The maximum atomic E-state index is 13.7. The molecule has 32 heavy (non-hydrogen) atoms. The van der Waals surface area contributed by atoms with E-state index in [1.807, 2.05) is 0 Å². The van der Waals surface area contributed by atoms with Crippen LogP contribution in [-0.2, 0) is 14.8 Å². The number of hydrogen-bond acceptors (Lipinski definition) is 6. The van der Waals surface area contributed by atoms with Crippen LogP contribution in [0, 0.1) is 5.82 Å². The molecular formula is C19H18F4N4O4S. The average molecular weight is 474 g/mol. The number of alkyl halides is 3. The minimum absolute atomic E-state index is 0.189. The van der Waals surface area contributed by atoms with Gasteiger partial charge in [-0.25, -0.2) is 22.6 Å². The Bertz CT molecular complexity index is 1250. The molecule has 13 heteroatoms. The summed E-state index contributed by atoms with van der Waals surface area (Å²) in [5, 5.41) is 2.66. The number of nitrogens with zero attached hydrogens (tertiary/aromatic N) is 3. The number of rotatable bonds is 4. The lowest BCUT2D eigenvalue weighted by Crippen LogP contribution is -2.38. The van der Waals surface area contributed by atoms with Crippen LogP contribution in [0.5, 0.6) is 0 Å². The van der Waals surface area contributed by atoms with Crippen molar-refractivity contribution in [2.75, 3.05) is 0 Å². The number of pyridine rings is 1. The summed E-state index contributed by atoms with van der Waals surface area (Å²) in [6, 6.07) is 3.07. The van der Waals surface area contributed by atoms with E-state index in [4.69, 9.17) is 4.74 Å². The van der Waals surface area contributed by atoms with Crippen molar-refractivity contribution in [1.29, 1.82) is 0 Å². The van der Waals surface area contributed by atoms with E-state index in [0.717, 1.165) is 24.3 Å². The first-order valence-electron chi connectivity index (χ1n) is 9.11. The zero-order valence-electron chi connectivity index (χ0n) is 17.0. The summed E-state index contributed by atoms with van der Waals surface area (Å²) in [6.45, 7) is 4.71. The standard InChI is InChI=1S/C19H18F4N4O4S/c1-18(2,3)31-17(28)27-15-13(5-4-10-24-15)16(25-27)32(29,30)26-14(19(21,22)23)11-6-8-12(20)9-7-11/h4-10,14,26H,1-3H3/t14-/m1/s1. The molecule has 0 aliphatic rings. The quantitative estimate of drug-likeness (QED) is 0.575. The third-order valence-corrected chi connectivity index (χ3v) is 5.39. The molecule has 1 atom stereocenters. The number of ether oxygens (including phenoxy) is 1. The first-order valence-corrected chi connectivity index (χ1v) is 10.6. The van der Waals surface area contributed by atoms with Crippen LogP contribution in [0.1, 0.15) is 32.4 Å². The number of sulfonamides is 1. The highest BCUT2D eigenvalue weighted by molar-refractivity contribution is 7.89. The number of carbonyl (C=O) groups excluding carboxylic acids is 1. The summed E-state index contributed by atoms with van der Waals surface area (Å²) < 4.78 is 87.2. The molecular weight excluding hydrogens is 456 g/mol. The fourth-order valence-corrected chi connectivity index (χ4v) is 4.08. The van der Waals surface area contributed by atoms with Crippen LogP contribution in [-0.4, -0.2) is 41.1 Å². The van der Waals surface area contributed by atoms with Gasteiger partial charge in [-0.15, -0.1) is 9.78 Å². The molecule has 1 aromatic carbocycles. The van der Waals surface area contributed by atoms with Crippen molar-refractivity contribution in [3.63, 3.8) is 0 Å². The average Bonchev–Trinajstić information content (AvgIpc) is 3.06. The molecule has 0 amide bonds. The van der Waals surface area contributed by atoms with E-state index in [1.54, 1.807) is 25.5 Å². The van der Waals surface area contributed by atoms with Gasteiger partial charge in [0, 0.05) is 6.20 Å². The summed E-state index contributed by atoms with van der Waals surface area (Å²) in [5.74, 6) is -0.786. The van der Waals surface area contributed by atoms with Gasteiger partial charge in [0.25, 0.3) is 10.0 Å². The van der Waals surface area contributed by atoms with Crippen LogP contribution < -0.4 is 4.72 Å². The number of halogens is 4. The Morgan fingerprint density at radius 3 is 2.31 bits per heavy atom. The number of carbonyl (C=O) groups is 1. The van der Waals surface area contributed by atoms with Crippen LogP contribution in [0.15, 0.2) is 47.6 Å². The third kappa shape index (κ3) is 5.05. The van der Waals surface area contributed by atoms with Crippen LogP contribution in [0.2, 0.25) is 0 Å². The molecule has 2 aromatic heterocycles. The smallest absolute Gasteiger partial charge is 0.437 e. The van der Waals surface area contributed by atoms with Gasteiger partial charge in [0.05, 0.1) is 5.39 Å². The maximum Gasteiger partial charge on any atom is 0.437 e. The Balaban J connectivity index is 2.08. The highest BCUT2D eigenvalue weighted by atomic mass is 32.2. The molecule has 0 bridgehead atoms. The van der Waals surface area contributed by atoms with E-state index in [2.05, 4.69) is 10.1 Å². The van der Waals surface area contributed by atoms with Gasteiger partial charge in [0.1, 0.15) is 17.5 Å². The van der Waals surface area contributed by atoms with Gasteiger partial charge < -0.3 is 4.74 Å². The SMILES string of the molecule is CC(C)(C)OC(=O)n1nc(S(=O)(=O)N[C@H](c2ccc(F)cc2)C(F)(F)F)c2cccnc21. The molecule has 8 nitrogen and oxygen atoms in total. The lowest BCUT2D eigenvalue weighted by Gasteiger charge is -2.21. The van der Waals surface area contributed by atoms with Gasteiger partial charge in [-0.2, -0.15) is 17.9 Å². The summed E-state index contributed by atoms with van der Waals surface area (Å²) in [5.41, 5.74) is -1.70. The van der Waals surface area contributed by atoms with Crippen molar-refractivity contribution in [1.82, 2.24) is 19.5 Å². The van der Waals surface area contributed by atoms with Crippen molar-refractivity contribution in [2.24, 2.45) is 0 Å². The van der Waals surface area contributed by atoms with Gasteiger partial charge in [-0.3, -0.25) is 0 Å². The zero-order valence-corrected chi connectivity index (χ0v) is 17.8. The second-order valence-electron chi connectivity index (χ2n) is 7.72. The lowest BCUT2D eigenvalue weighted by atomic mass is 10.1. The number of fused-ring (bicyclic) bond motifs is 1. The van der Waals surface area contributed by atoms with Crippen molar-refractivity contribution in [2.45, 2.75) is 43.6 Å². The molecule has 0 spiro atoms. The lowest BCUT2D eigenvalue weighted by molar-refractivity contribution is -0.153. The molecule has 2 heterocycles. The van der Waals surface area contributed by atoms with Crippen molar-refractivity contribution in [3.05, 3.63) is 54.0 Å². The predicted octanol–water partition coefficient (Wildman–Crippen LogP) is 3.94. The Morgan fingerprint density at radius 1 is 1.12 bits per heavy atom. The molecule has 1 N–H and O–H groups in total. The van der Waals surface area contributed by atoms with E-state index < -0.39 is 50.3 Å². The first kappa shape index (κ1) is 23.6. The van der Waals surface area contributed by atoms with Crippen molar-refractivity contribution in [3.8, 4) is 0 Å². The number of benzene rings is 1. The van der Waals surface area contributed by atoms with Gasteiger partial charge in [-0.1, -0.05) is 12.1 Å². The van der Waals surface area contributed by atoms with Crippen LogP contribution in [0.25, 0.3) is 11.0 Å². The molecule has 0 saturated carbocycles. The summed E-state index contributed by atoms with van der Waals surface area (Å²) in [6.07, 6.45) is -4.85. The molecule has 0 aliphatic carbocycles. The summed E-state index contributed by atoms with van der Waals surface area (Å²) >= 11 is 0. The second kappa shape index (κ2) is 8.13.